The van der Waals surface area contributed by atoms with Gasteiger partial charge in [-0.25, -0.2) is 4.79 Å². The minimum Gasteiger partial charge on any atom is -0.299 e. The Kier molecular flexibility index (Phi) is 4.63. The van der Waals surface area contributed by atoms with Crippen LogP contribution in [0.2, 0.25) is 0 Å². The number of carbonyl (C=O) groups excluding carboxylic acids is 1. The average molecular weight is 309 g/mol. The van der Waals surface area contributed by atoms with Gasteiger partial charge in [-0.05, 0) is 5.92 Å². The van der Waals surface area contributed by atoms with Crippen molar-refractivity contribution in [3.8, 4) is 0 Å². The lowest BCUT2D eigenvalue weighted by molar-refractivity contribution is -0.116. The van der Waals surface area contributed by atoms with Crippen molar-refractivity contribution >= 4 is 22.4 Å². The van der Waals surface area contributed by atoms with Crippen LogP contribution >= 0.6 is 11.3 Å². The monoisotopic (exact) mass is 309 g/mol. The Balaban J connectivity index is 2.00. The molecule has 9 heteroatoms. The predicted molar refractivity (Wildman–Crippen MR) is 78.4 cm³/mol. The molecule has 0 aliphatic heterocycles. The standard InChI is InChI=1S/C12H15N5O3S/c1-7(2)5-10-15-16-11(21-10)13-9(19)6-17-4-3-8(18)14-12(17)20/h3-4,7H,5-6H2,1-2H3,(H,13,16,19)(H,14,18,20). The van der Waals surface area contributed by atoms with E-state index in [0.29, 0.717) is 11.0 Å². The summed E-state index contributed by atoms with van der Waals surface area (Å²) in [6.45, 7) is 3.94. The Morgan fingerprint density at radius 2 is 2.19 bits per heavy atom. The van der Waals surface area contributed by atoms with Gasteiger partial charge in [0.1, 0.15) is 11.6 Å². The second-order valence-electron chi connectivity index (χ2n) is 4.89. The van der Waals surface area contributed by atoms with Crippen LogP contribution in [-0.2, 0) is 17.8 Å². The lowest BCUT2D eigenvalue weighted by atomic mass is 10.1. The maximum atomic E-state index is 11.8. The van der Waals surface area contributed by atoms with E-state index < -0.39 is 17.2 Å². The molecule has 2 heterocycles. The zero-order chi connectivity index (χ0) is 15.4. The first-order valence-corrected chi connectivity index (χ1v) is 7.17. The zero-order valence-corrected chi connectivity index (χ0v) is 12.4. The number of amides is 1. The van der Waals surface area contributed by atoms with Crippen LogP contribution < -0.4 is 16.6 Å². The summed E-state index contributed by atoms with van der Waals surface area (Å²) in [5.41, 5.74) is -1.13. The van der Waals surface area contributed by atoms with Gasteiger partial charge in [-0.1, -0.05) is 25.2 Å². The van der Waals surface area contributed by atoms with Crippen LogP contribution in [0.15, 0.2) is 21.9 Å². The Morgan fingerprint density at radius 3 is 2.86 bits per heavy atom. The molecule has 0 fully saturated rings. The van der Waals surface area contributed by atoms with Gasteiger partial charge in [0.05, 0.1) is 0 Å². The van der Waals surface area contributed by atoms with Crippen LogP contribution in [0.5, 0.6) is 0 Å². The maximum Gasteiger partial charge on any atom is 0.328 e. The molecule has 2 aromatic heterocycles. The number of nitrogens with one attached hydrogen (secondary N) is 2. The molecule has 0 bridgehead atoms. The number of anilines is 1. The Hall–Kier alpha value is -2.29. The van der Waals surface area contributed by atoms with E-state index in [1.807, 2.05) is 0 Å². The highest BCUT2D eigenvalue weighted by Crippen LogP contribution is 2.18. The fourth-order valence-corrected chi connectivity index (χ4v) is 2.59. The average Bonchev–Trinajstić information content (AvgIpc) is 2.79. The molecule has 1 amide bonds. The van der Waals surface area contributed by atoms with Gasteiger partial charge in [0.2, 0.25) is 11.0 Å². The highest BCUT2D eigenvalue weighted by molar-refractivity contribution is 7.15. The minimum absolute atomic E-state index is 0.200. The van der Waals surface area contributed by atoms with Crippen LogP contribution in [0.25, 0.3) is 0 Å². The van der Waals surface area contributed by atoms with E-state index in [-0.39, 0.29) is 6.54 Å². The van der Waals surface area contributed by atoms with E-state index in [9.17, 15) is 14.4 Å². The van der Waals surface area contributed by atoms with Crippen LogP contribution in [0.1, 0.15) is 18.9 Å². The molecule has 0 aromatic carbocycles. The summed E-state index contributed by atoms with van der Waals surface area (Å²) in [7, 11) is 0. The molecule has 0 saturated carbocycles. The smallest absolute Gasteiger partial charge is 0.299 e. The Bertz CT molecular complexity index is 746. The first-order chi connectivity index (χ1) is 9.94. The van der Waals surface area contributed by atoms with Gasteiger partial charge in [-0.3, -0.25) is 24.5 Å². The number of rotatable bonds is 5. The summed E-state index contributed by atoms with van der Waals surface area (Å²) in [6, 6.07) is 1.18. The molecular formula is C12H15N5O3S. The lowest BCUT2D eigenvalue weighted by Crippen LogP contribution is -2.32. The summed E-state index contributed by atoms with van der Waals surface area (Å²) < 4.78 is 1.10. The molecule has 0 aliphatic carbocycles. The van der Waals surface area contributed by atoms with Gasteiger partial charge < -0.3 is 0 Å². The first kappa shape index (κ1) is 15.1. The molecule has 0 radical (unpaired) electrons. The van der Waals surface area contributed by atoms with Crippen molar-refractivity contribution in [2.45, 2.75) is 26.8 Å². The van der Waals surface area contributed by atoms with E-state index >= 15 is 0 Å². The number of H-pyrrole nitrogens is 1. The summed E-state index contributed by atoms with van der Waals surface area (Å²) in [5.74, 6) is 0.0533. The number of hydrogen-bond donors (Lipinski definition) is 2. The largest absolute Gasteiger partial charge is 0.328 e. The highest BCUT2D eigenvalue weighted by atomic mass is 32.1. The van der Waals surface area contributed by atoms with Crippen molar-refractivity contribution in [1.29, 1.82) is 0 Å². The van der Waals surface area contributed by atoms with Crippen LogP contribution in [-0.4, -0.2) is 25.7 Å². The van der Waals surface area contributed by atoms with Crippen molar-refractivity contribution in [3.05, 3.63) is 38.1 Å². The van der Waals surface area contributed by atoms with E-state index in [4.69, 9.17) is 0 Å². The fraction of sp³-hybridized carbons (Fsp3) is 0.417. The number of nitrogens with zero attached hydrogens (tertiary/aromatic N) is 3. The van der Waals surface area contributed by atoms with Gasteiger partial charge in [0, 0.05) is 18.7 Å². The molecule has 2 rings (SSSR count). The lowest BCUT2D eigenvalue weighted by Gasteiger charge is -2.03. The van der Waals surface area contributed by atoms with Crippen molar-refractivity contribution in [1.82, 2.24) is 19.7 Å². The topological polar surface area (TPSA) is 110 Å². The molecule has 0 aliphatic rings. The highest BCUT2D eigenvalue weighted by Gasteiger charge is 2.10. The quantitative estimate of drug-likeness (QED) is 0.821. The predicted octanol–water partition coefficient (Wildman–Crippen LogP) is 0.225. The molecule has 0 unspecified atom stereocenters. The molecule has 0 atom stereocenters. The Morgan fingerprint density at radius 1 is 1.43 bits per heavy atom. The van der Waals surface area contributed by atoms with E-state index in [0.717, 1.165) is 16.0 Å². The third-order valence-electron chi connectivity index (χ3n) is 2.51. The van der Waals surface area contributed by atoms with Crippen LogP contribution in [0.4, 0.5) is 5.13 Å². The summed E-state index contributed by atoms with van der Waals surface area (Å²) in [4.78, 5) is 36.3. The van der Waals surface area contributed by atoms with Crippen molar-refractivity contribution in [2.24, 2.45) is 5.92 Å². The summed E-state index contributed by atoms with van der Waals surface area (Å²) in [5, 5.41) is 11.7. The van der Waals surface area contributed by atoms with Gasteiger partial charge in [0.25, 0.3) is 5.56 Å². The van der Waals surface area contributed by atoms with Gasteiger partial charge in [-0.15, -0.1) is 10.2 Å². The van der Waals surface area contributed by atoms with Crippen molar-refractivity contribution in [3.63, 3.8) is 0 Å². The fourth-order valence-electron chi connectivity index (χ4n) is 1.62. The molecule has 0 spiro atoms. The van der Waals surface area contributed by atoms with Crippen LogP contribution in [0.3, 0.4) is 0 Å². The molecule has 2 N–H and O–H groups in total. The molecule has 21 heavy (non-hydrogen) atoms. The third kappa shape index (κ3) is 4.35. The Labute approximate surface area is 123 Å². The summed E-state index contributed by atoms with van der Waals surface area (Å²) in [6.07, 6.45) is 2.07. The molecule has 0 saturated heterocycles. The molecule has 2 aromatic rings. The number of aromatic amines is 1. The normalized spacial score (nSPS) is 10.8. The minimum atomic E-state index is -0.629. The SMILES string of the molecule is CC(C)Cc1nnc(NC(=O)Cn2ccc(=O)[nH]c2=O)s1. The second kappa shape index (κ2) is 6.44. The first-order valence-electron chi connectivity index (χ1n) is 6.36. The van der Waals surface area contributed by atoms with Gasteiger partial charge >= 0.3 is 5.69 Å². The number of hydrogen-bond acceptors (Lipinski definition) is 6. The van der Waals surface area contributed by atoms with E-state index in [1.165, 1.54) is 23.6 Å². The molecule has 8 nitrogen and oxygen atoms in total. The van der Waals surface area contributed by atoms with E-state index in [2.05, 4.69) is 34.3 Å². The molecule has 112 valence electrons. The number of aromatic nitrogens is 4. The summed E-state index contributed by atoms with van der Waals surface area (Å²) >= 11 is 1.31. The second-order valence-corrected chi connectivity index (χ2v) is 5.95. The van der Waals surface area contributed by atoms with Crippen molar-refractivity contribution < 1.29 is 4.79 Å². The van der Waals surface area contributed by atoms with E-state index in [1.54, 1.807) is 0 Å². The van der Waals surface area contributed by atoms with Gasteiger partial charge in [-0.2, -0.15) is 0 Å². The number of carbonyl (C=O) groups is 1. The maximum absolute atomic E-state index is 11.8. The van der Waals surface area contributed by atoms with Crippen LogP contribution in [0, 0.1) is 5.92 Å². The molecular weight excluding hydrogens is 294 g/mol. The van der Waals surface area contributed by atoms with Crippen molar-refractivity contribution in [2.75, 3.05) is 5.32 Å². The van der Waals surface area contributed by atoms with Gasteiger partial charge in [0.15, 0.2) is 0 Å². The third-order valence-corrected chi connectivity index (χ3v) is 3.37. The zero-order valence-electron chi connectivity index (χ0n) is 11.6.